The second kappa shape index (κ2) is 5.43. The third-order valence-electron chi connectivity index (χ3n) is 2.62. The number of rotatable bonds is 4. The third kappa shape index (κ3) is 2.81. The highest BCUT2D eigenvalue weighted by molar-refractivity contribution is 5.60. The number of hydrogen-bond donors (Lipinski definition) is 1. The van der Waals surface area contributed by atoms with Crippen LogP contribution in [0, 0.1) is 0 Å². The zero-order valence-corrected chi connectivity index (χ0v) is 10.3. The van der Waals surface area contributed by atoms with E-state index in [1.807, 2.05) is 13.0 Å². The number of aryl methyl sites for hydroxylation is 1. The molecule has 0 atom stereocenters. The monoisotopic (exact) mass is 227 g/mol. The summed E-state index contributed by atoms with van der Waals surface area (Å²) in [4.78, 5) is 8.66. The fraction of sp³-hybridized carbons (Fsp3) is 0.286. The number of nitrogens with zero attached hydrogens (tertiary/aromatic N) is 2. The van der Waals surface area contributed by atoms with Crippen molar-refractivity contribution in [2.45, 2.75) is 20.3 Å². The van der Waals surface area contributed by atoms with Gasteiger partial charge in [0, 0.05) is 18.3 Å². The third-order valence-corrected chi connectivity index (χ3v) is 2.62. The molecule has 0 unspecified atom stereocenters. The van der Waals surface area contributed by atoms with E-state index in [9.17, 15) is 0 Å². The van der Waals surface area contributed by atoms with Crippen LogP contribution < -0.4 is 5.32 Å². The lowest BCUT2D eigenvalue weighted by Gasteiger charge is -2.05. The van der Waals surface area contributed by atoms with Gasteiger partial charge in [-0.15, -0.1) is 0 Å². The Hall–Kier alpha value is -1.90. The average Bonchev–Trinajstić information content (AvgIpc) is 2.40. The van der Waals surface area contributed by atoms with E-state index in [-0.39, 0.29) is 0 Å². The van der Waals surface area contributed by atoms with Crippen LogP contribution in [-0.4, -0.2) is 16.5 Å². The molecule has 0 amide bonds. The van der Waals surface area contributed by atoms with Crippen LogP contribution in [0.1, 0.15) is 19.4 Å². The molecule has 0 fully saturated rings. The Bertz CT molecular complexity index is 494. The van der Waals surface area contributed by atoms with E-state index in [2.05, 4.69) is 46.5 Å². The van der Waals surface area contributed by atoms with Crippen molar-refractivity contribution in [3.05, 3.63) is 42.1 Å². The molecule has 88 valence electrons. The lowest BCUT2D eigenvalue weighted by molar-refractivity contribution is 1.09. The highest BCUT2D eigenvalue weighted by atomic mass is 15.1. The van der Waals surface area contributed by atoms with Gasteiger partial charge in [-0.2, -0.15) is 0 Å². The number of anilines is 1. The van der Waals surface area contributed by atoms with E-state index in [0.717, 1.165) is 24.2 Å². The number of aromatic nitrogens is 2. The first-order valence-corrected chi connectivity index (χ1v) is 5.99. The molecule has 0 aliphatic carbocycles. The quantitative estimate of drug-likeness (QED) is 0.872. The highest BCUT2D eigenvalue weighted by Crippen LogP contribution is 2.19. The summed E-state index contributed by atoms with van der Waals surface area (Å²) >= 11 is 0. The van der Waals surface area contributed by atoms with Crippen molar-refractivity contribution in [1.29, 1.82) is 0 Å². The molecule has 1 N–H and O–H groups in total. The Morgan fingerprint density at radius 1 is 1.18 bits per heavy atom. The van der Waals surface area contributed by atoms with Gasteiger partial charge in [-0.3, -0.25) is 0 Å². The summed E-state index contributed by atoms with van der Waals surface area (Å²) in [5, 5.41) is 3.12. The first-order chi connectivity index (χ1) is 8.33. The first-order valence-electron chi connectivity index (χ1n) is 5.99. The summed E-state index contributed by atoms with van der Waals surface area (Å²) in [5.41, 5.74) is 3.43. The largest absolute Gasteiger partial charge is 0.354 e. The van der Waals surface area contributed by atoms with Gasteiger partial charge < -0.3 is 5.32 Å². The Labute approximate surface area is 102 Å². The molecule has 1 aromatic carbocycles. The van der Waals surface area contributed by atoms with E-state index in [1.54, 1.807) is 6.20 Å². The van der Waals surface area contributed by atoms with Crippen LogP contribution in [0.2, 0.25) is 0 Å². The molecule has 2 aromatic rings. The van der Waals surface area contributed by atoms with Gasteiger partial charge in [0.2, 0.25) is 5.95 Å². The van der Waals surface area contributed by atoms with E-state index in [0.29, 0.717) is 5.95 Å². The highest BCUT2D eigenvalue weighted by Gasteiger charge is 2.02. The molecule has 0 aliphatic rings. The zero-order valence-electron chi connectivity index (χ0n) is 10.3. The molecule has 0 radical (unpaired) electrons. The first kappa shape index (κ1) is 11.6. The van der Waals surface area contributed by atoms with Crippen molar-refractivity contribution in [3.8, 4) is 11.3 Å². The molecule has 3 heteroatoms. The molecule has 1 aromatic heterocycles. The fourth-order valence-corrected chi connectivity index (χ4v) is 1.71. The van der Waals surface area contributed by atoms with E-state index in [4.69, 9.17) is 0 Å². The second-order valence-electron chi connectivity index (χ2n) is 3.85. The Morgan fingerprint density at radius 3 is 2.82 bits per heavy atom. The molecule has 0 saturated carbocycles. The van der Waals surface area contributed by atoms with Crippen LogP contribution in [-0.2, 0) is 6.42 Å². The van der Waals surface area contributed by atoms with Crippen LogP contribution in [0.15, 0.2) is 36.5 Å². The average molecular weight is 227 g/mol. The van der Waals surface area contributed by atoms with Gasteiger partial charge in [0.25, 0.3) is 0 Å². The van der Waals surface area contributed by atoms with Crippen LogP contribution in [0.25, 0.3) is 11.3 Å². The normalized spacial score (nSPS) is 10.2. The number of hydrogen-bond acceptors (Lipinski definition) is 3. The molecule has 1 heterocycles. The molecule has 2 rings (SSSR count). The lowest BCUT2D eigenvalue weighted by Crippen LogP contribution is -2.02. The molecule has 17 heavy (non-hydrogen) atoms. The summed E-state index contributed by atoms with van der Waals surface area (Å²) < 4.78 is 0. The molecule has 0 spiro atoms. The predicted molar refractivity (Wildman–Crippen MR) is 71.0 cm³/mol. The predicted octanol–water partition coefficient (Wildman–Crippen LogP) is 3.14. The SMILES string of the molecule is CCNc1nccc(-c2cccc(CC)c2)n1. The Kier molecular flexibility index (Phi) is 3.70. The summed E-state index contributed by atoms with van der Waals surface area (Å²) in [6, 6.07) is 10.4. The topological polar surface area (TPSA) is 37.8 Å². The van der Waals surface area contributed by atoms with Crippen molar-refractivity contribution in [2.24, 2.45) is 0 Å². The van der Waals surface area contributed by atoms with E-state index >= 15 is 0 Å². The van der Waals surface area contributed by atoms with Crippen LogP contribution in [0.4, 0.5) is 5.95 Å². The van der Waals surface area contributed by atoms with Crippen LogP contribution in [0.5, 0.6) is 0 Å². The van der Waals surface area contributed by atoms with Crippen LogP contribution >= 0.6 is 0 Å². The molecular weight excluding hydrogens is 210 g/mol. The van der Waals surface area contributed by atoms with Crippen LogP contribution in [0.3, 0.4) is 0 Å². The van der Waals surface area contributed by atoms with E-state index in [1.165, 1.54) is 5.56 Å². The van der Waals surface area contributed by atoms with Gasteiger partial charge in [0.15, 0.2) is 0 Å². The van der Waals surface area contributed by atoms with Crippen molar-refractivity contribution >= 4 is 5.95 Å². The van der Waals surface area contributed by atoms with Gasteiger partial charge in [-0.1, -0.05) is 25.1 Å². The lowest BCUT2D eigenvalue weighted by atomic mass is 10.1. The summed E-state index contributed by atoms with van der Waals surface area (Å²) in [6.45, 7) is 5.02. The van der Waals surface area contributed by atoms with Gasteiger partial charge in [-0.05, 0) is 31.0 Å². The molecule has 0 aliphatic heterocycles. The molecule has 0 bridgehead atoms. The van der Waals surface area contributed by atoms with Gasteiger partial charge in [0.05, 0.1) is 5.69 Å². The standard InChI is InChI=1S/C14H17N3/c1-3-11-6-5-7-12(10-11)13-8-9-16-14(17-13)15-4-2/h5-10H,3-4H2,1-2H3,(H,15,16,17). The summed E-state index contributed by atoms with van der Waals surface area (Å²) in [6.07, 6.45) is 2.83. The molecule has 0 saturated heterocycles. The summed E-state index contributed by atoms with van der Waals surface area (Å²) in [7, 11) is 0. The van der Waals surface area contributed by atoms with E-state index < -0.39 is 0 Å². The minimum absolute atomic E-state index is 0.687. The minimum Gasteiger partial charge on any atom is -0.354 e. The Morgan fingerprint density at radius 2 is 2.06 bits per heavy atom. The maximum Gasteiger partial charge on any atom is 0.223 e. The Balaban J connectivity index is 2.34. The summed E-state index contributed by atoms with van der Waals surface area (Å²) in [5.74, 6) is 0.687. The zero-order chi connectivity index (χ0) is 12.1. The maximum absolute atomic E-state index is 4.49. The van der Waals surface area contributed by atoms with Gasteiger partial charge in [0.1, 0.15) is 0 Å². The minimum atomic E-state index is 0.687. The second-order valence-corrected chi connectivity index (χ2v) is 3.85. The molecular formula is C14H17N3. The van der Waals surface area contributed by atoms with Crippen molar-refractivity contribution in [1.82, 2.24) is 9.97 Å². The number of nitrogens with one attached hydrogen (secondary N) is 1. The number of benzene rings is 1. The molecule has 3 nitrogen and oxygen atoms in total. The maximum atomic E-state index is 4.49. The van der Waals surface area contributed by atoms with Crippen molar-refractivity contribution in [3.63, 3.8) is 0 Å². The van der Waals surface area contributed by atoms with Crippen molar-refractivity contribution < 1.29 is 0 Å². The van der Waals surface area contributed by atoms with Gasteiger partial charge in [-0.25, -0.2) is 9.97 Å². The van der Waals surface area contributed by atoms with Gasteiger partial charge >= 0.3 is 0 Å². The smallest absolute Gasteiger partial charge is 0.223 e. The fourth-order valence-electron chi connectivity index (χ4n) is 1.71. The van der Waals surface area contributed by atoms with Crippen molar-refractivity contribution in [2.75, 3.05) is 11.9 Å².